The molecule has 1 aliphatic heterocycles. The Bertz CT molecular complexity index is 605. The summed E-state index contributed by atoms with van der Waals surface area (Å²) in [6.45, 7) is 1.37. The Labute approximate surface area is 122 Å². The molecule has 104 valence electrons. The van der Waals surface area contributed by atoms with E-state index >= 15 is 0 Å². The predicted molar refractivity (Wildman–Crippen MR) is 79.5 cm³/mol. The van der Waals surface area contributed by atoms with Crippen LogP contribution >= 0.6 is 11.3 Å². The van der Waals surface area contributed by atoms with Crippen LogP contribution in [-0.2, 0) is 12.0 Å². The van der Waals surface area contributed by atoms with Gasteiger partial charge in [-0.1, -0.05) is 12.1 Å². The fraction of sp³-hybridized carbons (Fsp3) is 0.375. The standard InChI is InChI=1S/C16H17NO2S/c1-2-13(20-9-1)5-8-17-16(6-7-16)12-3-4-14-15(10-12)19-11-18-14/h1-4,9-10,17H,5-8,11H2. The molecule has 4 rings (SSSR count). The van der Waals surface area contributed by atoms with Crippen LogP contribution in [0.2, 0.25) is 0 Å². The molecule has 20 heavy (non-hydrogen) atoms. The Hall–Kier alpha value is -1.52. The lowest BCUT2D eigenvalue weighted by Gasteiger charge is -2.18. The van der Waals surface area contributed by atoms with Gasteiger partial charge in [0.05, 0.1) is 0 Å². The number of ether oxygens (including phenoxy) is 2. The Morgan fingerprint density at radius 2 is 2.05 bits per heavy atom. The summed E-state index contributed by atoms with van der Waals surface area (Å²) in [5.74, 6) is 1.75. The first-order valence-corrected chi connectivity index (χ1v) is 7.91. The van der Waals surface area contributed by atoms with Crippen molar-refractivity contribution in [1.29, 1.82) is 0 Å². The van der Waals surface area contributed by atoms with Gasteiger partial charge in [0, 0.05) is 17.0 Å². The monoisotopic (exact) mass is 287 g/mol. The lowest BCUT2D eigenvalue weighted by atomic mass is 10.0. The molecule has 1 aromatic carbocycles. The highest BCUT2D eigenvalue weighted by atomic mass is 32.1. The fourth-order valence-corrected chi connectivity index (χ4v) is 3.48. The topological polar surface area (TPSA) is 30.5 Å². The Morgan fingerprint density at radius 1 is 1.15 bits per heavy atom. The summed E-state index contributed by atoms with van der Waals surface area (Å²) < 4.78 is 10.9. The van der Waals surface area contributed by atoms with Gasteiger partial charge in [-0.3, -0.25) is 0 Å². The quantitative estimate of drug-likeness (QED) is 0.915. The van der Waals surface area contributed by atoms with Crippen molar-refractivity contribution in [3.05, 3.63) is 46.2 Å². The molecule has 2 heterocycles. The molecule has 0 bridgehead atoms. The van der Waals surface area contributed by atoms with Gasteiger partial charge in [-0.05, 0) is 48.4 Å². The van der Waals surface area contributed by atoms with E-state index in [4.69, 9.17) is 9.47 Å². The van der Waals surface area contributed by atoms with Gasteiger partial charge in [-0.25, -0.2) is 0 Å². The van der Waals surface area contributed by atoms with Gasteiger partial charge in [0.1, 0.15) is 0 Å². The highest BCUT2D eigenvalue weighted by Gasteiger charge is 2.44. The second kappa shape index (κ2) is 4.79. The first-order valence-electron chi connectivity index (χ1n) is 7.03. The van der Waals surface area contributed by atoms with Crippen molar-refractivity contribution >= 4 is 11.3 Å². The van der Waals surface area contributed by atoms with Gasteiger partial charge < -0.3 is 14.8 Å². The lowest BCUT2D eigenvalue weighted by molar-refractivity contribution is 0.174. The summed E-state index contributed by atoms with van der Waals surface area (Å²) >= 11 is 1.83. The van der Waals surface area contributed by atoms with Crippen molar-refractivity contribution < 1.29 is 9.47 Å². The predicted octanol–water partition coefficient (Wildman–Crippen LogP) is 3.30. The first-order chi connectivity index (χ1) is 9.86. The molecule has 2 aromatic rings. The average Bonchev–Trinajstić information content (AvgIpc) is 2.91. The third kappa shape index (κ3) is 2.19. The maximum absolute atomic E-state index is 5.48. The van der Waals surface area contributed by atoms with Crippen LogP contribution in [0.25, 0.3) is 0 Å². The molecule has 1 N–H and O–H groups in total. The Morgan fingerprint density at radius 3 is 2.85 bits per heavy atom. The molecule has 0 atom stereocenters. The van der Waals surface area contributed by atoms with E-state index < -0.39 is 0 Å². The van der Waals surface area contributed by atoms with Gasteiger partial charge in [0.25, 0.3) is 0 Å². The van der Waals surface area contributed by atoms with Gasteiger partial charge in [-0.2, -0.15) is 0 Å². The van der Waals surface area contributed by atoms with E-state index in [9.17, 15) is 0 Å². The molecule has 4 heteroatoms. The minimum absolute atomic E-state index is 0.165. The molecular formula is C16H17NO2S. The second-order valence-electron chi connectivity index (χ2n) is 5.41. The molecule has 1 aromatic heterocycles. The van der Waals surface area contributed by atoms with Crippen molar-refractivity contribution in [2.24, 2.45) is 0 Å². The summed E-state index contributed by atoms with van der Waals surface area (Å²) in [7, 11) is 0. The number of rotatable bonds is 5. The SMILES string of the molecule is c1csc(CCNC2(c3ccc4c(c3)OCO4)CC2)c1. The van der Waals surface area contributed by atoms with Crippen LogP contribution in [0.15, 0.2) is 35.7 Å². The fourth-order valence-electron chi connectivity index (χ4n) is 2.77. The van der Waals surface area contributed by atoms with Crippen LogP contribution in [0, 0.1) is 0 Å². The average molecular weight is 287 g/mol. The van der Waals surface area contributed by atoms with Crippen LogP contribution in [0.4, 0.5) is 0 Å². The lowest BCUT2D eigenvalue weighted by Crippen LogP contribution is -2.30. The summed E-state index contributed by atoms with van der Waals surface area (Å²) in [4.78, 5) is 1.44. The van der Waals surface area contributed by atoms with E-state index in [-0.39, 0.29) is 5.54 Å². The number of thiophene rings is 1. The minimum Gasteiger partial charge on any atom is -0.454 e. The number of hydrogen-bond donors (Lipinski definition) is 1. The summed E-state index contributed by atoms with van der Waals surface area (Å²) in [5.41, 5.74) is 1.49. The summed E-state index contributed by atoms with van der Waals surface area (Å²) in [6.07, 6.45) is 3.51. The maximum Gasteiger partial charge on any atom is 0.231 e. The smallest absolute Gasteiger partial charge is 0.231 e. The van der Waals surface area contributed by atoms with Crippen molar-refractivity contribution in [3.8, 4) is 11.5 Å². The number of fused-ring (bicyclic) bond motifs is 1. The summed E-state index contributed by atoms with van der Waals surface area (Å²) in [6, 6.07) is 10.6. The van der Waals surface area contributed by atoms with Crippen molar-refractivity contribution in [1.82, 2.24) is 5.32 Å². The van der Waals surface area contributed by atoms with Crippen molar-refractivity contribution in [2.75, 3.05) is 13.3 Å². The minimum atomic E-state index is 0.165. The number of nitrogens with one attached hydrogen (secondary N) is 1. The third-order valence-electron chi connectivity index (χ3n) is 4.09. The van der Waals surface area contributed by atoms with Crippen LogP contribution in [-0.4, -0.2) is 13.3 Å². The Balaban J connectivity index is 1.44. The Kier molecular flexibility index (Phi) is 2.93. The zero-order valence-electron chi connectivity index (χ0n) is 11.2. The van der Waals surface area contributed by atoms with E-state index in [2.05, 4.69) is 35.0 Å². The number of benzene rings is 1. The molecular weight excluding hydrogens is 270 g/mol. The number of hydrogen-bond acceptors (Lipinski definition) is 4. The van der Waals surface area contributed by atoms with Crippen LogP contribution < -0.4 is 14.8 Å². The van der Waals surface area contributed by atoms with Gasteiger partial charge >= 0.3 is 0 Å². The van der Waals surface area contributed by atoms with Gasteiger partial charge in [0.15, 0.2) is 11.5 Å². The van der Waals surface area contributed by atoms with E-state index in [1.54, 1.807) is 0 Å². The van der Waals surface area contributed by atoms with Gasteiger partial charge in [-0.15, -0.1) is 11.3 Å². The second-order valence-corrected chi connectivity index (χ2v) is 6.44. The zero-order valence-corrected chi connectivity index (χ0v) is 12.0. The molecule has 0 saturated heterocycles. The van der Waals surface area contributed by atoms with Crippen LogP contribution in [0.5, 0.6) is 11.5 Å². The van der Waals surface area contributed by atoms with E-state index in [0.29, 0.717) is 6.79 Å². The molecule has 0 radical (unpaired) electrons. The molecule has 2 aliphatic rings. The molecule has 0 unspecified atom stereocenters. The van der Waals surface area contributed by atoms with E-state index in [1.807, 2.05) is 17.4 Å². The van der Waals surface area contributed by atoms with E-state index in [1.165, 1.54) is 23.3 Å². The normalized spacial score (nSPS) is 18.2. The molecule has 1 saturated carbocycles. The van der Waals surface area contributed by atoms with Crippen LogP contribution in [0.1, 0.15) is 23.3 Å². The van der Waals surface area contributed by atoms with E-state index in [0.717, 1.165) is 24.5 Å². The van der Waals surface area contributed by atoms with Crippen LogP contribution in [0.3, 0.4) is 0 Å². The molecule has 0 amide bonds. The molecule has 1 fully saturated rings. The third-order valence-corrected chi connectivity index (χ3v) is 5.03. The molecule has 0 spiro atoms. The largest absolute Gasteiger partial charge is 0.454 e. The van der Waals surface area contributed by atoms with Crippen molar-refractivity contribution in [3.63, 3.8) is 0 Å². The maximum atomic E-state index is 5.48. The molecule has 3 nitrogen and oxygen atoms in total. The first kappa shape index (κ1) is 12.2. The van der Waals surface area contributed by atoms with Crippen molar-refractivity contribution in [2.45, 2.75) is 24.8 Å². The van der Waals surface area contributed by atoms with Gasteiger partial charge in [0.2, 0.25) is 6.79 Å². The highest BCUT2D eigenvalue weighted by molar-refractivity contribution is 7.09. The molecule has 1 aliphatic carbocycles. The zero-order chi connectivity index (χ0) is 13.4. The highest BCUT2D eigenvalue weighted by Crippen LogP contribution is 2.48. The summed E-state index contributed by atoms with van der Waals surface area (Å²) in [5, 5.41) is 5.87.